The highest BCUT2D eigenvalue weighted by atomic mass is 16.5. The molecule has 0 radical (unpaired) electrons. The summed E-state index contributed by atoms with van der Waals surface area (Å²) in [6.07, 6.45) is 5.22. The smallest absolute Gasteiger partial charge is 0.309 e. The molecule has 0 unspecified atom stereocenters. The minimum Gasteiger partial charge on any atom is -0.461 e. The van der Waals surface area contributed by atoms with Gasteiger partial charge in [-0.05, 0) is 43.7 Å². The van der Waals surface area contributed by atoms with Crippen molar-refractivity contribution in [2.24, 2.45) is 11.8 Å². The lowest BCUT2D eigenvalue weighted by molar-refractivity contribution is -0.153. The predicted molar refractivity (Wildman–Crippen MR) is 138 cm³/mol. The number of carbonyl (C=O) groups is 3. The molecule has 2 amide bonds. The van der Waals surface area contributed by atoms with Crippen molar-refractivity contribution in [1.29, 1.82) is 0 Å². The molecular weight excluding hydrogens is 456 g/mol. The number of esters is 1. The van der Waals surface area contributed by atoms with Crippen molar-refractivity contribution in [3.63, 3.8) is 0 Å². The van der Waals surface area contributed by atoms with Crippen LogP contribution in [0.2, 0.25) is 0 Å². The van der Waals surface area contributed by atoms with E-state index < -0.39 is 18.1 Å². The number of hydrogen-bond donors (Lipinski definition) is 3. The van der Waals surface area contributed by atoms with Crippen LogP contribution in [0, 0.1) is 11.8 Å². The van der Waals surface area contributed by atoms with Crippen molar-refractivity contribution in [3.05, 3.63) is 83.9 Å². The molecule has 2 aromatic rings. The molecule has 7 nitrogen and oxygen atoms in total. The SMILES string of the molecule is C[C@H]1CNC(=O)[C@@H](CC(=O)N[C@@H](CO)Cc2ccccc2)CC=CC[C@H](Cc2ccccc2)C(=O)O1. The maximum absolute atomic E-state index is 12.8. The van der Waals surface area contributed by atoms with Crippen LogP contribution in [-0.2, 0) is 32.0 Å². The van der Waals surface area contributed by atoms with Gasteiger partial charge >= 0.3 is 5.97 Å². The van der Waals surface area contributed by atoms with Crippen LogP contribution in [0.5, 0.6) is 0 Å². The van der Waals surface area contributed by atoms with Gasteiger partial charge in [0.05, 0.1) is 31.0 Å². The largest absolute Gasteiger partial charge is 0.461 e. The number of allylic oxidation sites excluding steroid dienone is 2. The third kappa shape index (κ3) is 8.96. The molecular formula is C29H36N2O5. The average molecular weight is 493 g/mol. The van der Waals surface area contributed by atoms with E-state index in [4.69, 9.17) is 4.74 Å². The summed E-state index contributed by atoms with van der Waals surface area (Å²) in [6, 6.07) is 19.0. The molecule has 192 valence electrons. The van der Waals surface area contributed by atoms with Crippen LogP contribution < -0.4 is 10.6 Å². The van der Waals surface area contributed by atoms with Gasteiger partial charge in [0.15, 0.2) is 0 Å². The zero-order valence-electron chi connectivity index (χ0n) is 20.8. The van der Waals surface area contributed by atoms with E-state index in [0.717, 1.165) is 11.1 Å². The van der Waals surface area contributed by atoms with Gasteiger partial charge in [-0.25, -0.2) is 0 Å². The Morgan fingerprint density at radius 3 is 2.25 bits per heavy atom. The highest BCUT2D eigenvalue weighted by molar-refractivity contribution is 5.86. The first-order chi connectivity index (χ1) is 17.4. The fourth-order valence-electron chi connectivity index (χ4n) is 4.26. The first-order valence-corrected chi connectivity index (χ1v) is 12.6. The van der Waals surface area contributed by atoms with Crippen molar-refractivity contribution in [2.45, 2.75) is 51.2 Å². The van der Waals surface area contributed by atoms with E-state index in [2.05, 4.69) is 10.6 Å². The first kappa shape index (κ1) is 27.1. The average Bonchev–Trinajstić information content (AvgIpc) is 2.88. The zero-order valence-corrected chi connectivity index (χ0v) is 20.8. The molecule has 0 fully saturated rings. The van der Waals surface area contributed by atoms with Crippen molar-refractivity contribution < 1.29 is 24.2 Å². The van der Waals surface area contributed by atoms with E-state index >= 15 is 0 Å². The topological polar surface area (TPSA) is 105 Å². The first-order valence-electron chi connectivity index (χ1n) is 12.6. The standard InChI is InChI=1S/C29H36N2O5/c1-21-19-30-28(34)24(18-27(33)31-26(20-32)17-23-12-6-3-7-13-23)14-8-9-15-25(29(35)36-21)16-22-10-4-2-5-11-22/h2-13,21,24-26,32H,14-20H2,1H3,(H,30,34)(H,31,33)/t21-,24+,25+,26+/m0/s1. The molecule has 4 atom stereocenters. The van der Waals surface area contributed by atoms with E-state index in [1.165, 1.54) is 0 Å². The summed E-state index contributed by atoms with van der Waals surface area (Å²) >= 11 is 0. The van der Waals surface area contributed by atoms with Crippen LogP contribution >= 0.6 is 0 Å². The lowest BCUT2D eigenvalue weighted by Crippen LogP contribution is -2.43. The molecule has 0 saturated carbocycles. The minimum absolute atomic E-state index is 0.00305. The van der Waals surface area contributed by atoms with Crippen LogP contribution in [0.4, 0.5) is 0 Å². The van der Waals surface area contributed by atoms with Crippen LogP contribution in [-0.4, -0.2) is 48.2 Å². The molecule has 0 saturated heterocycles. The zero-order chi connectivity index (χ0) is 25.8. The Morgan fingerprint density at radius 1 is 1.00 bits per heavy atom. The fraction of sp³-hybridized carbons (Fsp3) is 0.414. The Kier molecular flexibility index (Phi) is 10.7. The highest BCUT2D eigenvalue weighted by Crippen LogP contribution is 2.18. The second-order valence-electron chi connectivity index (χ2n) is 9.36. The third-order valence-electron chi connectivity index (χ3n) is 6.26. The molecule has 0 spiro atoms. The van der Waals surface area contributed by atoms with Crippen molar-refractivity contribution in [2.75, 3.05) is 13.2 Å². The minimum atomic E-state index is -0.563. The van der Waals surface area contributed by atoms with E-state index in [-0.39, 0.29) is 43.3 Å². The van der Waals surface area contributed by atoms with E-state index in [9.17, 15) is 19.5 Å². The lowest BCUT2D eigenvalue weighted by Gasteiger charge is -2.22. The molecule has 3 rings (SSSR count). The molecule has 7 heteroatoms. The Labute approximate surface area is 212 Å². The molecule has 1 aliphatic rings. The molecule has 0 bridgehead atoms. The molecule has 0 aliphatic carbocycles. The maximum atomic E-state index is 12.8. The summed E-state index contributed by atoms with van der Waals surface area (Å²) in [7, 11) is 0. The Hall–Kier alpha value is -3.45. The number of amides is 2. The molecule has 3 N–H and O–H groups in total. The van der Waals surface area contributed by atoms with Gasteiger partial charge in [-0.2, -0.15) is 0 Å². The van der Waals surface area contributed by atoms with Gasteiger partial charge < -0.3 is 20.5 Å². The van der Waals surface area contributed by atoms with E-state index in [0.29, 0.717) is 25.7 Å². The number of hydrogen-bond acceptors (Lipinski definition) is 5. The quantitative estimate of drug-likeness (QED) is 0.388. The number of benzene rings is 2. The number of cyclic esters (lactones) is 1. The summed E-state index contributed by atoms with van der Waals surface area (Å²) in [5, 5.41) is 15.4. The summed E-state index contributed by atoms with van der Waals surface area (Å²) in [6.45, 7) is 1.73. The van der Waals surface area contributed by atoms with Gasteiger partial charge in [0.1, 0.15) is 6.10 Å². The number of aliphatic hydroxyl groups is 1. The second-order valence-corrected chi connectivity index (χ2v) is 9.36. The Bertz CT molecular complexity index is 1010. The number of carbonyl (C=O) groups excluding carboxylic acids is 3. The van der Waals surface area contributed by atoms with Crippen LogP contribution in [0.3, 0.4) is 0 Å². The monoisotopic (exact) mass is 492 g/mol. The van der Waals surface area contributed by atoms with Crippen molar-refractivity contribution in [3.8, 4) is 0 Å². The van der Waals surface area contributed by atoms with Gasteiger partial charge in [-0.1, -0.05) is 72.8 Å². The summed E-state index contributed by atoms with van der Waals surface area (Å²) in [5.41, 5.74) is 2.07. The van der Waals surface area contributed by atoms with Crippen LogP contribution in [0.1, 0.15) is 37.3 Å². The number of aliphatic hydroxyl groups excluding tert-OH is 1. The van der Waals surface area contributed by atoms with E-state index in [1.807, 2.05) is 72.8 Å². The van der Waals surface area contributed by atoms with Gasteiger partial charge in [-0.15, -0.1) is 0 Å². The highest BCUT2D eigenvalue weighted by Gasteiger charge is 2.26. The molecule has 1 aliphatic heterocycles. The number of rotatable bonds is 8. The Morgan fingerprint density at radius 2 is 1.61 bits per heavy atom. The van der Waals surface area contributed by atoms with Crippen molar-refractivity contribution in [1.82, 2.24) is 10.6 Å². The van der Waals surface area contributed by atoms with E-state index in [1.54, 1.807) is 6.92 Å². The predicted octanol–water partition coefficient (Wildman–Crippen LogP) is 2.97. The number of nitrogens with one attached hydrogen (secondary N) is 2. The molecule has 2 aromatic carbocycles. The summed E-state index contributed by atoms with van der Waals surface area (Å²) in [5.74, 6) is -1.72. The lowest BCUT2D eigenvalue weighted by atomic mass is 9.94. The summed E-state index contributed by atoms with van der Waals surface area (Å²) in [4.78, 5) is 38.3. The van der Waals surface area contributed by atoms with Crippen LogP contribution in [0.25, 0.3) is 0 Å². The molecule has 0 aromatic heterocycles. The van der Waals surface area contributed by atoms with Gasteiger partial charge in [-0.3, -0.25) is 14.4 Å². The van der Waals surface area contributed by atoms with Gasteiger partial charge in [0.25, 0.3) is 0 Å². The second kappa shape index (κ2) is 14.2. The maximum Gasteiger partial charge on any atom is 0.309 e. The van der Waals surface area contributed by atoms with Crippen molar-refractivity contribution >= 4 is 17.8 Å². The normalized spacial score (nSPS) is 21.9. The third-order valence-corrected chi connectivity index (χ3v) is 6.26. The van der Waals surface area contributed by atoms with Crippen LogP contribution in [0.15, 0.2) is 72.8 Å². The summed E-state index contributed by atoms with van der Waals surface area (Å²) < 4.78 is 5.60. The fourth-order valence-corrected chi connectivity index (χ4v) is 4.26. The molecule has 1 heterocycles. The molecule has 36 heavy (non-hydrogen) atoms. The Balaban J connectivity index is 1.63. The number of ether oxygens (including phenoxy) is 1. The van der Waals surface area contributed by atoms with Gasteiger partial charge in [0.2, 0.25) is 11.8 Å². The van der Waals surface area contributed by atoms with Gasteiger partial charge in [0, 0.05) is 6.42 Å².